The van der Waals surface area contributed by atoms with Gasteiger partial charge in [0.05, 0.1) is 0 Å². The fourth-order valence-electron chi connectivity index (χ4n) is 0. The molecule has 0 aliphatic carbocycles. The molecule has 5 radical (unpaired) electrons. The molecule has 0 atom stereocenters. The van der Waals surface area contributed by atoms with E-state index in [1.54, 1.807) is 0 Å². The zero-order valence-electron chi connectivity index (χ0n) is 2.70. The first-order valence-electron chi connectivity index (χ1n) is 0.697. The Kier molecular flexibility index (Phi) is 50.2. The Morgan fingerprint density at radius 2 is 1.17 bits per heavy atom. The smallest absolute Gasteiger partial charge is 0.181 e. The second kappa shape index (κ2) is 18.5. The summed E-state index contributed by atoms with van der Waals surface area (Å²) in [6, 6.07) is 2.47. The minimum atomic E-state index is 0. The molecule has 33 valence electrons. The van der Waals surface area contributed by atoms with E-state index in [0.717, 1.165) is 0 Å². The molecule has 0 rings (SSSR count). The third-order valence-corrected chi connectivity index (χ3v) is 0.0500. The van der Waals surface area contributed by atoms with Gasteiger partial charge in [0.15, 0.2) is 12.1 Å². The molecular formula is C2CuN2Sn. The molecule has 0 heterocycles. The first-order valence-corrected chi connectivity index (χ1v) is 0.697. The third-order valence-electron chi connectivity index (χ3n) is 0.0500. The fourth-order valence-corrected chi connectivity index (χ4v) is 0. The van der Waals surface area contributed by atoms with Crippen molar-refractivity contribution in [3.63, 3.8) is 0 Å². The van der Waals surface area contributed by atoms with Gasteiger partial charge in [-0.2, -0.15) is 10.5 Å². The van der Waals surface area contributed by atoms with Crippen LogP contribution in [0.15, 0.2) is 0 Å². The van der Waals surface area contributed by atoms with Crippen LogP contribution in [0, 0.1) is 22.7 Å². The van der Waals surface area contributed by atoms with Crippen molar-refractivity contribution in [3.05, 3.63) is 0 Å². The molecule has 0 saturated carbocycles. The summed E-state index contributed by atoms with van der Waals surface area (Å²) in [4.78, 5) is 0. The van der Waals surface area contributed by atoms with E-state index in [9.17, 15) is 0 Å². The second-order valence-corrected chi connectivity index (χ2v) is 0.224. The van der Waals surface area contributed by atoms with E-state index < -0.39 is 0 Å². The summed E-state index contributed by atoms with van der Waals surface area (Å²) in [5.74, 6) is 0. The van der Waals surface area contributed by atoms with Crippen molar-refractivity contribution >= 4 is 23.9 Å². The molecule has 0 spiro atoms. The van der Waals surface area contributed by atoms with Crippen molar-refractivity contribution < 1.29 is 17.1 Å². The molecule has 0 N–H and O–H groups in total. The van der Waals surface area contributed by atoms with E-state index in [-0.39, 0.29) is 41.0 Å². The van der Waals surface area contributed by atoms with Gasteiger partial charge in [0.25, 0.3) is 0 Å². The van der Waals surface area contributed by atoms with E-state index in [4.69, 9.17) is 10.5 Å². The zero-order valence-corrected chi connectivity index (χ0v) is 6.49. The average Bonchev–Trinajstić information content (AvgIpc) is 1.37. The molecule has 0 aromatic carbocycles. The van der Waals surface area contributed by atoms with Crippen molar-refractivity contribution in [3.8, 4) is 12.1 Å². The molecule has 0 unspecified atom stereocenters. The van der Waals surface area contributed by atoms with Crippen LogP contribution < -0.4 is 0 Å². The Bertz CT molecular complexity index is 66.5. The number of hydrogen-bond donors (Lipinski definition) is 0. The molecule has 2 nitrogen and oxygen atoms in total. The average molecular weight is 234 g/mol. The molecule has 0 amide bonds. The van der Waals surface area contributed by atoms with Crippen LogP contribution in [0.2, 0.25) is 0 Å². The quantitative estimate of drug-likeness (QED) is 0.538. The molecule has 4 heteroatoms. The topological polar surface area (TPSA) is 47.6 Å². The van der Waals surface area contributed by atoms with Gasteiger partial charge in [0.2, 0.25) is 0 Å². The summed E-state index contributed by atoms with van der Waals surface area (Å²) < 4.78 is 0. The minimum Gasteiger partial charge on any atom is -0.181 e. The van der Waals surface area contributed by atoms with Crippen molar-refractivity contribution in [2.75, 3.05) is 0 Å². The summed E-state index contributed by atoms with van der Waals surface area (Å²) in [6.07, 6.45) is 0. The minimum absolute atomic E-state index is 0. The Balaban J connectivity index is -0.0000000450. The van der Waals surface area contributed by atoms with Crippen LogP contribution in [0.3, 0.4) is 0 Å². The molecule has 6 heavy (non-hydrogen) atoms. The standard InChI is InChI=1S/C2N2.Cu.Sn/c3-1-2-4;;. The Morgan fingerprint density at radius 1 is 1.00 bits per heavy atom. The van der Waals surface area contributed by atoms with E-state index in [2.05, 4.69) is 0 Å². The molecule has 0 aliphatic rings. The van der Waals surface area contributed by atoms with E-state index in [1.165, 1.54) is 12.1 Å². The summed E-state index contributed by atoms with van der Waals surface area (Å²) in [7, 11) is 0. The molecule has 0 bridgehead atoms. The second-order valence-electron chi connectivity index (χ2n) is 0.224. The van der Waals surface area contributed by atoms with Crippen LogP contribution in [0.4, 0.5) is 0 Å². The van der Waals surface area contributed by atoms with Gasteiger partial charge in [0.1, 0.15) is 0 Å². The monoisotopic (exact) mass is 235 g/mol. The van der Waals surface area contributed by atoms with Gasteiger partial charge in [-0.05, 0) is 0 Å². The van der Waals surface area contributed by atoms with Crippen LogP contribution in [0.25, 0.3) is 0 Å². The van der Waals surface area contributed by atoms with Crippen molar-refractivity contribution in [1.82, 2.24) is 0 Å². The van der Waals surface area contributed by atoms with Gasteiger partial charge >= 0.3 is 0 Å². The van der Waals surface area contributed by atoms with Crippen molar-refractivity contribution in [2.45, 2.75) is 0 Å². The molecule has 0 aromatic rings. The van der Waals surface area contributed by atoms with Crippen LogP contribution >= 0.6 is 0 Å². The Morgan fingerprint density at radius 3 is 1.17 bits per heavy atom. The van der Waals surface area contributed by atoms with E-state index >= 15 is 0 Å². The normalized spacial score (nSPS) is 1.67. The van der Waals surface area contributed by atoms with Gasteiger partial charge in [-0.1, -0.05) is 0 Å². The van der Waals surface area contributed by atoms with Gasteiger partial charge in [0, 0.05) is 41.0 Å². The van der Waals surface area contributed by atoms with Crippen molar-refractivity contribution in [1.29, 1.82) is 10.5 Å². The van der Waals surface area contributed by atoms with Crippen LogP contribution in [-0.2, 0) is 17.1 Å². The summed E-state index contributed by atoms with van der Waals surface area (Å²) in [6.45, 7) is 0. The molecule has 0 aliphatic heterocycles. The summed E-state index contributed by atoms with van der Waals surface area (Å²) >= 11 is 0. The number of rotatable bonds is 0. The van der Waals surface area contributed by atoms with Crippen LogP contribution in [0.1, 0.15) is 0 Å². The van der Waals surface area contributed by atoms with Gasteiger partial charge < -0.3 is 0 Å². The summed E-state index contributed by atoms with van der Waals surface area (Å²) in [5.41, 5.74) is 0. The van der Waals surface area contributed by atoms with Gasteiger partial charge in [-0.15, -0.1) is 0 Å². The maximum absolute atomic E-state index is 7.26. The Hall–Kier alpha value is 0.298. The maximum Gasteiger partial charge on any atom is 0.181 e. The first-order chi connectivity index (χ1) is 1.91. The van der Waals surface area contributed by atoms with Gasteiger partial charge in [-0.25, -0.2) is 0 Å². The van der Waals surface area contributed by atoms with Crippen LogP contribution in [-0.4, -0.2) is 23.9 Å². The SMILES string of the molecule is N#CC#N.[Cu].[Sn]. The number of nitrogens with zero attached hydrogens (tertiary/aromatic N) is 2. The van der Waals surface area contributed by atoms with Crippen LogP contribution in [0.5, 0.6) is 0 Å². The first kappa shape index (κ1) is 16.3. The third kappa shape index (κ3) is 27.7. The summed E-state index contributed by atoms with van der Waals surface area (Å²) in [5, 5.41) is 14.5. The fraction of sp³-hybridized carbons (Fsp3) is 0. The maximum atomic E-state index is 7.26. The van der Waals surface area contributed by atoms with Gasteiger partial charge in [-0.3, -0.25) is 0 Å². The predicted molar refractivity (Wildman–Crippen MR) is 17.0 cm³/mol. The number of nitriles is 2. The molecule has 0 saturated heterocycles. The molecular weight excluding hydrogens is 234 g/mol. The Labute approximate surface area is 63.6 Å². The number of hydrogen-bond acceptors (Lipinski definition) is 2. The van der Waals surface area contributed by atoms with Crippen molar-refractivity contribution in [2.24, 2.45) is 0 Å². The zero-order chi connectivity index (χ0) is 3.41. The van der Waals surface area contributed by atoms with E-state index in [1.807, 2.05) is 0 Å². The molecule has 0 aromatic heterocycles. The van der Waals surface area contributed by atoms with E-state index in [0.29, 0.717) is 0 Å². The molecule has 0 fully saturated rings. The predicted octanol–water partition coefficient (Wildman–Crippen LogP) is -0.350. The largest absolute Gasteiger partial charge is 0.181 e.